The third-order valence-electron chi connectivity index (χ3n) is 5.04. The van der Waals surface area contributed by atoms with Crippen molar-refractivity contribution in [2.75, 3.05) is 12.4 Å². The Morgan fingerprint density at radius 3 is 2.28 bits per heavy atom. The van der Waals surface area contributed by atoms with Crippen molar-refractivity contribution in [1.29, 1.82) is 5.26 Å². The molecule has 3 rings (SSSR count). The number of hydrogen-bond acceptors (Lipinski definition) is 3. The molecule has 3 aromatic carbocycles. The maximum absolute atomic E-state index is 12.6. The summed E-state index contributed by atoms with van der Waals surface area (Å²) >= 11 is 3.65. The lowest BCUT2D eigenvalue weighted by atomic mass is 9.98. The van der Waals surface area contributed by atoms with Crippen LogP contribution >= 0.6 is 15.9 Å². The number of ether oxygens (including phenoxy) is 1. The Labute approximate surface area is 197 Å². The van der Waals surface area contributed by atoms with Crippen LogP contribution in [0.2, 0.25) is 0 Å². The Balaban J connectivity index is 1.89. The van der Waals surface area contributed by atoms with E-state index in [0.717, 1.165) is 15.6 Å². The molecule has 0 fully saturated rings. The summed E-state index contributed by atoms with van der Waals surface area (Å²) in [4.78, 5) is 12.6. The molecule has 0 saturated carbocycles. The van der Waals surface area contributed by atoms with Gasteiger partial charge in [0, 0.05) is 22.1 Å². The molecule has 0 radical (unpaired) electrons. The fourth-order valence-corrected chi connectivity index (χ4v) is 4.19. The number of halogens is 1. The predicted molar refractivity (Wildman–Crippen MR) is 133 cm³/mol. The lowest BCUT2D eigenvalue weighted by molar-refractivity contribution is -0.112. The van der Waals surface area contributed by atoms with Crippen molar-refractivity contribution in [3.05, 3.63) is 98.0 Å². The van der Waals surface area contributed by atoms with Crippen molar-refractivity contribution in [2.45, 2.75) is 27.2 Å². The maximum Gasteiger partial charge on any atom is 0.266 e. The number of anilines is 1. The lowest BCUT2D eigenvalue weighted by Crippen LogP contribution is -2.13. The van der Waals surface area contributed by atoms with Gasteiger partial charge in [0.05, 0.1) is 7.11 Å². The van der Waals surface area contributed by atoms with Gasteiger partial charge in [-0.05, 0) is 62.2 Å². The summed E-state index contributed by atoms with van der Waals surface area (Å²) in [6.07, 6.45) is 2.27. The number of hydrogen-bond donors (Lipinski definition) is 1. The molecular formula is C27H25BrN2O2. The van der Waals surface area contributed by atoms with Gasteiger partial charge < -0.3 is 10.1 Å². The minimum Gasteiger partial charge on any atom is -0.496 e. The highest BCUT2D eigenvalue weighted by atomic mass is 79.9. The van der Waals surface area contributed by atoms with E-state index in [4.69, 9.17) is 4.74 Å². The summed E-state index contributed by atoms with van der Waals surface area (Å²) < 4.78 is 6.50. The quantitative estimate of drug-likeness (QED) is 0.317. The average Bonchev–Trinajstić information content (AvgIpc) is 2.74. The molecule has 0 heterocycles. The first-order chi connectivity index (χ1) is 15.3. The minimum absolute atomic E-state index is 0.0154. The molecule has 0 aliphatic carbocycles. The van der Waals surface area contributed by atoms with Crippen LogP contribution in [0.15, 0.2) is 64.6 Å². The van der Waals surface area contributed by atoms with Gasteiger partial charge in [0.15, 0.2) is 0 Å². The molecule has 0 aliphatic heterocycles. The van der Waals surface area contributed by atoms with Crippen LogP contribution in [0.3, 0.4) is 0 Å². The fourth-order valence-electron chi connectivity index (χ4n) is 3.59. The number of nitrogens with zero attached hydrogens (tertiary/aromatic N) is 1. The zero-order valence-electron chi connectivity index (χ0n) is 18.6. The minimum atomic E-state index is -0.453. The monoisotopic (exact) mass is 488 g/mol. The molecule has 1 N–H and O–H groups in total. The molecule has 1 amide bonds. The van der Waals surface area contributed by atoms with Crippen molar-refractivity contribution >= 4 is 33.6 Å². The van der Waals surface area contributed by atoms with Gasteiger partial charge in [-0.3, -0.25) is 4.79 Å². The molecule has 0 aromatic heterocycles. The average molecular weight is 489 g/mol. The molecule has 0 bridgehead atoms. The Kier molecular flexibility index (Phi) is 7.50. The smallest absolute Gasteiger partial charge is 0.266 e. The molecule has 0 saturated heterocycles. The van der Waals surface area contributed by atoms with E-state index in [1.165, 1.54) is 16.7 Å². The third-order valence-corrected chi connectivity index (χ3v) is 5.75. The number of aryl methyl sites for hydroxylation is 3. The van der Waals surface area contributed by atoms with Gasteiger partial charge >= 0.3 is 0 Å². The number of amides is 1. The number of carbonyl (C=O) groups excluding carboxylic acids is 1. The predicted octanol–water partition coefficient (Wildman–Crippen LogP) is 6.52. The summed E-state index contributed by atoms with van der Waals surface area (Å²) in [7, 11) is 1.62. The van der Waals surface area contributed by atoms with Crippen molar-refractivity contribution < 1.29 is 9.53 Å². The highest BCUT2D eigenvalue weighted by Gasteiger charge is 2.14. The van der Waals surface area contributed by atoms with Crippen molar-refractivity contribution in [2.24, 2.45) is 0 Å². The van der Waals surface area contributed by atoms with Crippen molar-refractivity contribution in [1.82, 2.24) is 0 Å². The Bertz CT molecular complexity index is 1200. The summed E-state index contributed by atoms with van der Waals surface area (Å²) in [5.41, 5.74) is 7.09. The molecule has 4 nitrogen and oxygen atoms in total. The van der Waals surface area contributed by atoms with Gasteiger partial charge in [-0.1, -0.05) is 63.0 Å². The first kappa shape index (κ1) is 23.3. The summed E-state index contributed by atoms with van der Waals surface area (Å²) in [6, 6.07) is 19.6. The van der Waals surface area contributed by atoms with Crippen LogP contribution < -0.4 is 10.1 Å². The van der Waals surface area contributed by atoms with Gasteiger partial charge in [0.1, 0.15) is 17.4 Å². The number of benzene rings is 3. The molecule has 3 aromatic rings. The van der Waals surface area contributed by atoms with Crippen LogP contribution in [-0.2, 0) is 11.2 Å². The molecule has 0 atom stereocenters. The summed E-state index contributed by atoms with van der Waals surface area (Å²) in [5, 5.41) is 12.3. The highest BCUT2D eigenvalue weighted by Crippen LogP contribution is 2.32. The van der Waals surface area contributed by atoms with E-state index in [9.17, 15) is 10.1 Å². The Hall–Kier alpha value is -3.36. The van der Waals surface area contributed by atoms with Crippen molar-refractivity contribution in [3.63, 3.8) is 0 Å². The topological polar surface area (TPSA) is 62.1 Å². The molecule has 32 heavy (non-hydrogen) atoms. The first-order valence-electron chi connectivity index (χ1n) is 10.2. The number of carbonyl (C=O) groups is 1. The van der Waals surface area contributed by atoms with Gasteiger partial charge in [-0.15, -0.1) is 0 Å². The molecule has 162 valence electrons. The van der Waals surface area contributed by atoms with Crippen molar-refractivity contribution in [3.8, 4) is 11.8 Å². The standard InChI is InChI=1S/C27H25BrN2O2/c1-17-5-7-23(8-6-17)30-27(31)22(16-29)12-21-14-25(28)24(26(15-21)32-4)13-20-10-18(2)9-19(3)11-20/h5-12,14-15H,13H2,1-4H3,(H,30,31)/b22-12+. The van der Waals surface area contributed by atoms with E-state index in [0.29, 0.717) is 23.4 Å². The van der Waals surface area contributed by atoms with Gasteiger partial charge in [-0.25, -0.2) is 0 Å². The van der Waals surface area contributed by atoms with E-state index in [-0.39, 0.29) is 5.57 Å². The lowest BCUT2D eigenvalue weighted by Gasteiger charge is -2.13. The number of nitriles is 1. The highest BCUT2D eigenvalue weighted by molar-refractivity contribution is 9.10. The number of rotatable bonds is 6. The van der Waals surface area contributed by atoms with Gasteiger partial charge in [-0.2, -0.15) is 5.26 Å². The van der Waals surface area contributed by atoms with Crippen LogP contribution in [0, 0.1) is 32.1 Å². The second kappa shape index (κ2) is 10.3. The van der Waals surface area contributed by atoms with Gasteiger partial charge in [0.25, 0.3) is 5.91 Å². The molecular weight excluding hydrogens is 464 g/mol. The Morgan fingerprint density at radius 2 is 1.69 bits per heavy atom. The van der Waals surface area contributed by atoms with Crippen LogP contribution in [0.1, 0.15) is 33.4 Å². The van der Waals surface area contributed by atoms with E-state index in [1.807, 2.05) is 49.4 Å². The van der Waals surface area contributed by atoms with E-state index >= 15 is 0 Å². The second-order valence-corrected chi connectivity index (χ2v) is 8.70. The van der Waals surface area contributed by atoms with Crippen LogP contribution in [0.4, 0.5) is 5.69 Å². The zero-order chi connectivity index (χ0) is 23.3. The zero-order valence-corrected chi connectivity index (χ0v) is 20.2. The van der Waals surface area contributed by atoms with Crippen LogP contribution in [-0.4, -0.2) is 13.0 Å². The maximum atomic E-state index is 12.6. The summed E-state index contributed by atoms with van der Waals surface area (Å²) in [5.74, 6) is 0.242. The van der Waals surface area contributed by atoms with E-state index in [2.05, 4.69) is 53.3 Å². The Morgan fingerprint density at radius 1 is 1.03 bits per heavy atom. The van der Waals surface area contributed by atoms with Crippen LogP contribution in [0.5, 0.6) is 5.75 Å². The largest absolute Gasteiger partial charge is 0.496 e. The van der Waals surface area contributed by atoms with E-state index in [1.54, 1.807) is 13.2 Å². The molecule has 5 heteroatoms. The normalized spacial score (nSPS) is 11.1. The van der Waals surface area contributed by atoms with Crippen LogP contribution in [0.25, 0.3) is 6.08 Å². The molecule has 0 spiro atoms. The van der Waals surface area contributed by atoms with E-state index < -0.39 is 5.91 Å². The number of nitrogens with one attached hydrogen (secondary N) is 1. The fraction of sp³-hybridized carbons (Fsp3) is 0.185. The number of methoxy groups -OCH3 is 1. The first-order valence-corrected chi connectivity index (χ1v) is 11.0. The molecule has 0 unspecified atom stereocenters. The SMILES string of the molecule is COc1cc(/C=C(\C#N)C(=O)Nc2ccc(C)cc2)cc(Br)c1Cc1cc(C)cc(C)c1. The second-order valence-electron chi connectivity index (χ2n) is 7.85. The third kappa shape index (κ3) is 5.87. The summed E-state index contributed by atoms with van der Waals surface area (Å²) in [6.45, 7) is 6.14. The van der Waals surface area contributed by atoms with Gasteiger partial charge in [0.2, 0.25) is 0 Å². The molecule has 0 aliphatic rings.